The van der Waals surface area contributed by atoms with Crippen LogP contribution in [-0.2, 0) is 4.74 Å². The van der Waals surface area contributed by atoms with Crippen LogP contribution in [0.4, 0.5) is 4.79 Å². The van der Waals surface area contributed by atoms with Crippen molar-refractivity contribution in [1.29, 1.82) is 5.26 Å². The minimum absolute atomic E-state index is 0.315. The van der Waals surface area contributed by atoms with E-state index in [0.29, 0.717) is 15.6 Å². The highest BCUT2D eigenvalue weighted by atomic mass is 35.5. The first-order valence-corrected chi connectivity index (χ1v) is 6.33. The first kappa shape index (κ1) is 15.6. The summed E-state index contributed by atoms with van der Waals surface area (Å²) >= 11 is 12.0. The Balaban J connectivity index is 2.92. The lowest BCUT2D eigenvalue weighted by Gasteiger charge is -2.21. The van der Waals surface area contributed by atoms with Gasteiger partial charge in [-0.3, -0.25) is 0 Å². The summed E-state index contributed by atoms with van der Waals surface area (Å²) in [6, 6.07) is 5.84. The zero-order valence-corrected chi connectivity index (χ0v) is 12.3. The number of rotatable bonds is 2. The fraction of sp³-hybridized carbons (Fsp3) is 0.385. The summed E-state index contributed by atoms with van der Waals surface area (Å²) in [4.78, 5) is 11.7. The largest absolute Gasteiger partial charge is 0.444 e. The van der Waals surface area contributed by atoms with Crippen molar-refractivity contribution < 1.29 is 9.53 Å². The van der Waals surface area contributed by atoms with E-state index in [1.54, 1.807) is 39.0 Å². The van der Waals surface area contributed by atoms with E-state index in [1.165, 1.54) is 0 Å². The van der Waals surface area contributed by atoms with Crippen molar-refractivity contribution in [3.63, 3.8) is 0 Å². The minimum atomic E-state index is -0.962. The molecular weight excluding hydrogens is 287 g/mol. The first-order chi connectivity index (χ1) is 8.74. The molecule has 0 aliphatic rings. The Kier molecular flexibility index (Phi) is 5.04. The molecule has 0 aliphatic carbocycles. The van der Waals surface area contributed by atoms with Crippen LogP contribution in [0.5, 0.6) is 0 Å². The van der Waals surface area contributed by atoms with Gasteiger partial charge >= 0.3 is 6.09 Å². The van der Waals surface area contributed by atoms with Gasteiger partial charge < -0.3 is 10.1 Å². The third kappa shape index (κ3) is 4.62. The number of nitrogens with one attached hydrogen (secondary N) is 1. The second-order valence-electron chi connectivity index (χ2n) is 4.84. The molecule has 0 radical (unpaired) electrons. The highest BCUT2D eigenvalue weighted by molar-refractivity contribution is 6.36. The number of nitrogens with zero attached hydrogens (tertiary/aromatic N) is 1. The molecule has 19 heavy (non-hydrogen) atoms. The first-order valence-electron chi connectivity index (χ1n) is 5.57. The molecule has 0 bridgehead atoms. The molecule has 6 heteroatoms. The summed E-state index contributed by atoms with van der Waals surface area (Å²) < 4.78 is 5.08. The number of ether oxygens (including phenoxy) is 1. The number of hydrogen-bond acceptors (Lipinski definition) is 3. The van der Waals surface area contributed by atoms with Crippen LogP contribution in [0, 0.1) is 11.3 Å². The number of carbonyl (C=O) groups is 1. The highest BCUT2D eigenvalue weighted by Crippen LogP contribution is 2.30. The summed E-state index contributed by atoms with van der Waals surface area (Å²) in [5.41, 5.74) is -0.284. The van der Waals surface area contributed by atoms with Gasteiger partial charge in [-0.1, -0.05) is 29.3 Å². The maximum atomic E-state index is 11.7. The molecule has 102 valence electrons. The van der Waals surface area contributed by atoms with Crippen molar-refractivity contribution in [2.45, 2.75) is 32.4 Å². The molecule has 1 unspecified atom stereocenters. The zero-order chi connectivity index (χ0) is 14.6. The number of amides is 1. The molecule has 0 heterocycles. The number of alkyl carbamates (subject to hydrolysis) is 1. The van der Waals surface area contributed by atoms with Gasteiger partial charge in [0.05, 0.1) is 6.07 Å². The second kappa shape index (κ2) is 6.14. The molecule has 0 spiro atoms. The topological polar surface area (TPSA) is 62.1 Å². The molecule has 1 atom stereocenters. The van der Waals surface area contributed by atoms with Crippen molar-refractivity contribution in [2.24, 2.45) is 0 Å². The molecule has 0 aromatic heterocycles. The standard InChI is InChI=1S/C13H14Cl2N2O2/c1-13(2,3)19-12(18)17-10(7-16)11-8(14)5-4-6-9(11)15/h4-6,10H,1-3H3,(H,17,18). The summed E-state index contributed by atoms with van der Waals surface area (Å²) in [6.45, 7) is 5.20. The lowest BCUT2D eigenvalue weighted by molar-refractivity contribution is 0.0515. The molecule has 4 nitrogen and oxygen atoms in total. The van der Waals surface area contributed by atoms with Crippen LogP contribution in [0.25, 0.3) is 0 Å². The Labute approximate surface area is 122 Å². The van der Waals surface area contributed by atoms with Crippen molar-refractivity contribution >= 4 is 29.3 Å². The number of benzene rings is 1. The zero-order valence-electron chi connectivity index (χ0n) is 10.8. The Morgan fingerprint density at radius 3 is 2.32 bits per heavy atom. The highest BCUT2D eigenvalue weighted by Gasteiger charge is 2.23. The normalized spacial score (nSPS) is 12.4. The Hall–Kier alpha value is -1.44. The summed E-state index contributed by atoms with van der Waals surface area (Å²) in [5, 5.41) is 12.2. The van der Waals surface area contributed by atoms with Gasteiger partial charge in [0.1, 0.15) is 11.6 Å². The van der Waals surface area contributed by atoms with Crippen LogP contribution in [0.1, 0.15) is 32.4 Å². The maximum Gasteiger partial charge on any atom is 0.408 e. The van der Waals surface area contributed by atoms with Crippen LogP contribution in [-0.4, -0.2) is 11.7 Å². The third-order valence-corrected chi connectivity index (χ3v) is 2.74. The molecule has 1 N–H and O–H groups in total. The van der Waals surface area contributed by atoms with Crippen LogP contribution < -0.4 is 5.32 Å². The molecule has 0 fully saturated rings. The molecule has 0 saturated heterocycles. The minimum Gasteiger partial charge on any atom is -0.444 e. The predicted molar refractivity (Wildman–Crippen MR) is 74.2 cm³/mol. The Morgan fingerprint density at radius 2 is 1.89 bits per heavy atom. The van der Waals surface area contributed by atoms with Crippen molar-refractivity contribution in [2.75, 3.05) is 0 Å². The maximum absolute atomic E-state index is 11.7. The monoisotopic (exact) mass is 300 g/mol. The number of hydrogen-bond donors (Lipinski definition) is 1. The predicted octanol–water partition coefficient (Wildman–Crippen LogP) is 4.08. The molecule has 0 saturated carbocycles. The number of halogens is 2. The summed E-state index contributed by atoms with van der Waals surface area (Å²) in [6.07, 6.45) is -0.699. The molecule has 0 aliphatic heterocycles. The molecule has 1 amide bonds. The Bertz CT molecular complexity index is 498. The van der Waals surface area contributed by atoms with Crippen LogP contribution in [0.2, 0.25) is 10.0 Å². The SMILES string of the molecule is CC(C)(C)OC(=O)NC(C#N)c1c(Cl)cccc1Cl. The van der Waals surface area contributed by atoms with E-state index in [2.05, 4.69) is 5.32 Å². The molecular formula is C13H14Cl2N2O2. The van der Waals surface area contributed by atoms with E-state index >= 15 is 0 Å². The average Bonchev–Trinajstić information content (AvgIpc) is 2.24. The average molecular weight is 301 g/mol. The van der Waals surface area contributed by atoms with E-state index in [-0.39, 0.29) is 0 Å². The van der Waals surface area contributed by atoms with Crippen LogP contribution in [0.3, 0.4) is 0 Å². The van der Waals surface area contributed by atoms with Gasteiger partial charge in [-0.2, -0.15) is 5.26 Å². The lowest BCUT2D eigenvalue weighted by Crippen LogP contribution is -2.34. The molecule has 1 aromatic rings. The van der Waals surface area contributed by atoms with Gasteiger partial charge in [0, 0.05) is 15.6 Å². The van der Waals surface area contributed by atoms with Gasteiger partial charge in [0.25, 0.3) is 0 Å². The van der Waals surface area contributed by atoms with Gasteiger partial charge in [-0.15, -0.1) is 0 Å². The van der Waals surface area contributed by atoms with Crippen LogP contribution >= 0.6 is 23.2 Å². The van der Waals surface area contributed by atoms with Gasteiger partial charge in [0.15, 0.2) is 0 Å². The van der Waals surface area contributed by atoms with Crippen molar-refractivity contribution in [3.05, 3.63) is 33.8 Å². The van der Waals surface area contributed by atoms with E-state index in [1.807, 2.05) is 6.07 Å². The van der Waals surface area contributed by atoms with Gasteiger partial charge in [-0.05, 0) is 32.9 Å². The van der Waals surface area contributed by atoms with Gasteiger partial charge in [0.2, 0.25) is 0 Å². The second-order valence-corrected chi connectivity index (χ2v) is 5.66. The Morgan fingerprint density at radius 1 is 1.37 bits per heavy atom. The third-order valence-electron chi connectivity index (χ3n) is 2.08. The fourth-order valence-corrected chi connectivity index (χ4v) is 2.00. The van der Waals surface area contributed by atoms with E-state index in [4.69, 9.17) is 33.2 Å². The van der Waals surface area contributed by atoms with Crippen LogP contribution in [0.15, 0.2) is 18.2 Å². The quantitative estimate of drug-likeness (QED) is 0.895. The van der Waals surface area contributed by atoms with Gasteiger partial charge in [-0.25, -0.2) is 4.79 Å². The summed E-state index contributed by atoms with van der Waals surface area (Å²) in [5.74, 6) is 0. The smallest absolute Gasteiger partial charge is 0.408 e. The molecule has 1 rings (SSSR count). The van der Waals surface area contributed by atoms with E-state index < -0.39 is 17.7 Å². The van der Waals surface area contributed by atoms with E-state index in [9.17, 15) is 4.79 Å². The fourth-order valence-electron chi connectivity index (χ4n) is 1.38. The van der Waals surface area contributed by atoms with Crippen molar-refractivity contribution in [3.8, 4) is 6.07 Å². The van der Waals surface area contributed by atoms with Crippen molar-refractivity contribution in [1.82, 2.24) is 5.32 Å². The number of carbonyl (C=O) groups excluding carboxylic acids is 1. The summed E-state index contributed by atoms with van der Waals surface area (Å²) in [7, 11) is 0. The molecule has 1 aromatic carbocycles. The lowest BCUT2D eigenvalue weighted by atomic mass is 10.1. The number of nitriles is 1. The van der Waals surface area contributed by atoms with E-state index in [0.717, 1.165) is 0 Å².